The molecule has 0 aliphatic carbocycles. The molecule has 1 saturated heterocycles. The lowest BCUT2D eigenvalue weighted by Gasteiger charge is -2.24. The molecule has 9 nitrogen and oxygen atoms in total. The molecule has 0 saturated carbocycles. The zero-order valence-corrected chi connectivity index (χ0v) is 16.6. The summed E-state index contributed by atoms with van der Waals surface area (Å²) < 4.78 is 9.00. The lowest BCUT2D eigenvalue weighted by molar-refractivity contribution is 0.0292. The first-order chi connectivity index (χ1) is 13.3. The van der Waals surface area contributed by atoms with E-state index in [2.05, 4.69) is 26.6 Å². The first-order valence-corrected chi connectivity index (χ1v) is 9.36. The van der Waals surface area contributed by atoms with Gasteiger partial charge in [0.05, 0.1) is 5.69 Å². The number of nitrogens with one attached hydrogen (secondary N) is 1. The van der Waals surface area contributed by atoms with Crippen LogP contribution in [0, 0.1) is 0 Å². The maximum Gasteiger partial charge on any atom is 0.410 e. The number of carbonyl (C=O) groups is 1. The minimum atomic E-state index is -0.491. The number of hydrogen-bond donors (Lipinski definition) is 1. The lowest BCUT2D eigenvalue weighted by atomic mass is 10.00. The molecule has 3 aromatic rings. The third kappa shape index (κ3) is 3.78. The van der Waals surface area contributed by atoms with Crippen LogP contribution >= 0.6 is 0 Å². The van der Waals surface area contributed by atoms with Crippen LogP contribution in [0.1, 0.15) is 38.7 Å². The Hall–Kier alpha value is -3.10. The summed E-state index contributed by atoms with van der Waals surface area (Å²) in [5.41, 5.74) is 2.18. The van der Waals surface area contributed by atoms with Gasteiger partial charge in [-0.05, 0) is 38.8 Å². The summed E-state index contributed by atoms with van der Waals surface area (Å²) >= 11 is 0. The van der Waals surface area contributed by atoms with E-state index in [4.69, 9.17) is 4.74 Å². The van der Waals surface area contributed by atoms with Gasteiger partial charge in [0, 0.05) is 44.5 Å². The van der Waals surface area contributed by atoms with Gasteiger partial charge in [0.15, 0.2) is 11.5 Å². The first-order valence-electron chi connectivity index (χ1n) is 9.36. The molecule has 148 valence electrons. The van der Waals surface area contributed by atoms with Crippen LogP contribution in [0.25, 0.3) is 5.65 Å². The number of amides is 1. The minimum Gasteiger partial charge on any atom is -0.444 e. The van der Waals surface area contributed by atoms with Crippen LogP contribution in [0.3, 0.4) is 0 Å². The summed E-state index contributed by atoms with van der Waals surface area (Å²) in [6, 6.07) is 3.97. The molecule has 1 aliphatic rings. The number of fused-ring (bicyclic) bond motifs is 1. The highest BCUT2D eigenvalue weighted by Gasteiger charge is 2.31. The highest BCUT2D eigenvalue weighted by Crippen LogP contribution is 2.31. The molecular formula is C19H25N7O2. The van der Waals surface area contributed by atoms with E-state index in [1.807, 2.05) is 46.3 Å². The molecule has 0 bridgehead atoms. The highest BCUT2D eigenvalue weighted by molar-refractivity contribution is 5.73. The van der Waals surface area contributed by atoms with Crippen molar-refractivity contribution in [1.82, 2.24) is 29.3 Å². The van der Waals surface area contributed by atoms with Crippen molar-refractivity contribution in [3.63, 3.8) is 0 Å². The highest BCUT2D eigenvalue weighted by atomic mass is 16.6. The fourth-order valence-corrected chi connectivity index (χ4v) is 3.41. The molecule has 28 heavy (non-hydrogen) atoms. The van der Waals surface area contributed by atoms with E-state index in [9.17, 15) is 4.79 Å². The van der Waals surface area contributed by atoms with Gasteiger partial charge < -0.3 is 15.0 Å². The standard InChI is InChI=1S/C19H25N7O2/c1-19(2,3)28-18(27)25-8-5-13(10-25)14-9-15(17-20-12-21-26(17)11-14)22-16-6-7-24(4)23-16/h6-7,9,11-13H,5,8,10H2,1-4H3,(H,22,23). The number of aromatic nitrogens is 5. The molecule has 1 atom stereocenters. The molecule has 1 aliphatic heterocycles. The van der Waals surface area contributed by atoms with Gasteiger partial charge in [0.25, 0.3) is 0 Å². The van der Waals surface area contributed by atoms with Crippen LogP contribution in [0.4, 0.5) is 16.3 Å². The second kappa shape index (κ2) is 6.81. The van der Waals surface area contributed by atoms with Gasteiger partial charge in [-0.1, -0.05) is 0 Å². The van der Waals surface area contributed by atoms with E-state index in [0.29, 0.717) is 13.1 Å². The maximum atomic E-state index is 12.4. The molecule has 0 aromatic carbocycles. The van der Waals surface area contributed by atoms with Crippen molar-refractivity contribution in [1.29, 1.82) is 0 Å². The zero-order chi connectivity index (χ0) is 19.9. The summed E-state index contributed by atoms with van der Waals surface area (Å²) in [5.74, 6) is 0.955. The lowest BCUT2D eigenvalue weighted by Crippen LogP contribution is -2.35. The van der Waals surface area contributed by atoms with Crippen molar-refractivity contribution < 1.29 is 9.53 Å². The van der Waals surface area contributed by atoms with Crippen molar-refractivity contribution in [2.75, 3.05) is 18.4 Å². The molecule has 1 fully saturated rings. The third-order valence-electron chi connectivity index (χ3n) is 4.68. The fraction of sp³-hybridized carbons (Fsp3) is 0.474. The second-order valence-corrected chi connectivity index (χ2v) is 8.13. The molecule has 1 unspecified atom stereocenters. The van der Waals surface area contributed by atoms with Crippen LogP contribution in [0.2, 0.25) is 0 Å². The zero-order valence-electron chi connectivity index (χ0n) is 16.6. The summed E-state index contributed by atoms with van der Waals surface area (Å²) in [5, 5.41) is 12.0. The van der Waals surface area contributed by atoms with Gasteiger partial charge >= 0.3 is 6.09 Å². The third-order valence-corrected chi connectivity index (χ3v) is 4.68. The van der Waals surface area contributed by atoms with Crippen molar-refractivity contribution in [2.24, 2.45) is 7.05 Å². The van der Waals surface area contributed by atoms with Crippen LogP contribution < -0.4 is 5.32 Å². The van der Waals surface area contributed by atoms with Crippen molar-refractivity contribution >= 4 is 23.2 Å². The van der Waals surface area contributed by atoms with Crippen molar-refractivity contribution in [3.8, 4) is 0 Å². The predicted octanol–water partition coefficient (Wildman–Crippen LogP) is 2.93. The van der Waals surface area contributed by atoms with E-state index in [1.54, 1.807) is 14.1 Å². The van der Waals surface area contributed by atoms with Gasteiger partial charge in [-0.2, -0.15) is 10.2 Å². The quantitative estimate of drug-likeness (QED) is 0.748. The molecule has 1 amide bonds. The number of hydrogen-bond acceptors (Lipinski definition) is 6. The Kier molecular flexibility index (Phi) is 4.44. The van der Waals surface area contributed by atoms with Gasteiger partial charge in [0.1, 0.15) is 11.9 Å². The number of pyridine rings is 1. The fourth-order valence-electron chi connectivity index (χ4n) is 3.41. The number of ether oxygens (including phenoxy) is 1. The Morgan fingerprint density at radius 1 is 1.36 bits per heavy atom. The molecule has 0 radical (unpaired) electrons. The van der Waals surface area contributed by atoms with E-state index in [-0.39, 0.29) is 12.0 Å². The summed E-state index contributed by atoms with van der Waals surface area (Å²) in [6.45, 7) is 6.95. The van der Waals surface area contributed by atoms with Gasteiger partial charge in [-0.3, -0.25) is 4.68 Å². The molecule has 9 heteroatoms. The molecule has 3 aromatic heterocycles. The second-order valence-electron chi connectivity index (χ2n) is 8.13. The summed E-state index contributed by atoms with van der Waals surface area (Å²) in [6.07, 6.45) is 6.01. The van der Waals surface area contributed by atoms with Gasteiger partial charge in [-0.15, -0.1) is 0 Å². The van der Waals surface area contributed by atoms with Crippen LogP contribution in [-0.2, 0) is 11.8 Å². The normalized spacial score (nSPS) is 17.3. The summed E-state index contributed by atoms with van der Waals surface area (Å²) in [7, 11) is 1.87. The van der Waals surface area contributed by atoms with E-state index in [1.165, 1.54) is 6.33 Å². The van der Waals surface area contributed by atoms with E-state index in [0.717, 1.165) is 29.1 Å². The number of rotatable bonds is 3. The minimum absolute atomic E-state index is 0.213. The monoisotopic (exact) mass is 383 g/mol. The van der Waals surface area contributed by atoms with E-state index < -0.39 is 5.60 Å². The average Bonchev–Trinajstić information content (AvgIpc) is 3.33. The topological polar surface area (TPSA) is 89.6 Å². The molecule has 1 N–H and O–H groups in total. The largest absolute Gasteiger partial charge is 0.444 e. The smallest absolute Gasteiger partial charge is 0.410 e. The number of nitrogens with zero attached hydrogens (tertiary/aromatic N) is 6. The predicted molar refractivity (Wildman–Crippen MR) is 105 cm³/mol. The number of likely N-dealkylation sites (tertiary alicyclic amines) is 1. The van der Waals surface area contributed by atoms with Crippen LogP contribution in [0.15, 0.2) is 30.9 Å². The first kappa shape index (κ1) is 18.3. The Balaban J connectivity index is 1.57. The number of carbonyl (C=O) groups excluding carboxylic acids is 1. The number of anilines is 2. The van der Waals surface area contributed by atoms with E-state index >= 15 is 0 Å². The van der Waals surface area contributed by atoms with Crippen LogP contribution in [-0.4, -0.2) is 54.1 Å². The maximum absolute atomic E-state index is 12.4. The Bertz CT molecular complexity index is 1000. The number of aryl methyl sites for hydroxylation is 1. The Morgan fingerprint density at radius 3 is 2.89 bits per heavy atom. The average molecular weight is 383 g/mol. The SMILES string of the molecule is Cn1ccc(Nc2cc(C3CCN(C(=O)OC(C)(C)C)C3)cn3ncnc23)n1. The Labute approximate surface area is 163 Å². The summed E-state index contributed by atoms with van der Waals surface area (Å²) in [4.78, 5) is 18.5. The van der Waals surface area contributed by atoms with Crippen LogP contribution in [0.5, 0.6) is 0 Å². The van der Waals surface area contributed by atoms with Crippen molar-refractivity contribution in [3.05, 3.63) is 36.4 Å². The molecule has 4 heterocycles. The van der Waals surface area contributed by atoms with Crippen molar-refractivity contribution in [2.45, 2.75) is 38.7 Å². The van der Waals surface area contributed by atoms with Gasteiger partial charge in [0.2, 0.25) is 0 Å². The molecule has 0 spiro atoms. The van der Waals surface area contributed by atoms with Gasteiger partial charge in [-0.25, -0.2) is 14.3 Å². The Morgan fingerprint density at radius 2 is 2.18 bits per heavy atom. The molecular weight excluding hydrogens is 358 g/mol. The molecule has 4 rings (SSSR count).